The third kappa shape index (κ3) is 7.51. The summed E-state index contributed by atoms with van der Waals surface area (Å²) in [6.45, 7) is 11.4. The van der Waals surface area contributed by atoms with E-state index in [2.05, 4.69) is 39.2 Å². The van der Waals surface area contributed by atoms with Crippen molar-refractivity contribution in [3.05, 3.63) is 35.5 Å². The molecule has 0 saturated heterocycles. The Morgan fingerprint density at radius 3 is 2.53 bits per heavy atom. The fourth-order valence-corrected chi connectivity index (χ4v) is 2.75. The molecule has 0 spiro atoms. The molecule has 8 heteroatoms. The molecule has 0 saturated carbocycles. The molecule has 1 heterocycles. The number of hydrazone groups is 1. The number of aromatic nitrogens is 2. The van der Waals surface area contributed by atoms with Crippen molar-refractivity contribution in [3.63, 3.8) is 0 Å². The number of nitrogens with two attached hydrogens (primary N) is 1. The number of aliphatic hydroxyl groups is 1. The molecule has 0 aliphatic rings. The number of hydrogen-bond donors (Lipinski definition) is 3. The fourth-order valence-electron chi connectivity index (χ4n) is 2.75. The second-order valence-electron chi connectivity index (χ2n) is 7.98. The molecule has 2 aromatic rings. The van der Waals surface area contributed by atoms with E-state index in [-0.39, 0.29) is 6.61 Å². The summed E-state index contributed by atoms with van der Waals surface area (Å²) in [4.78, 5) is 11.3. The molecule has 1 aromatic heterocycles. The molecule has 0 unspecified atom stereocenters. The number of ether oxygens (including phenoxy) is 1. The van der Waals surface area contributed by atoms with Crippen LogP contribution >= 0.6 is 0 Å². The largest absolute Gasteiger partial charge is 0.474 e. The molecule has 30 heavy (non-hydrogen) atoms. The number of benzene rings is 1. The summed E-state index contributed by atoms with van der Waals surface area (Å²) in [5.41, 5.74) is 11.0. The molecule has 2 rings (SSSR count). The third-order valence-corrected chi connectivity index (χ3v) is 4.14. The van der Waals surface area contributed by atoms with E-state index in [1.54, 1.807) is 26.1 Å². The van der Waals surface area contributed by atoms with E-state index in [0.29, 0.717) is 23.2 Å². The Morgan fingerprint density at radius 1 is 1.20 bits per heavy atom. The molecule has 8 nitrogen and oxygen atoms in total. The van der Waals surface area contributed by atoms with Crippen LogP contribution in [0, 0.1) is 6.92 Å². The van der Waals surface area contributed by atoms with Crippen molar-refractivity contribution >= 4 is 23.5 Å². The van der Waals surface area contributed by atoms with Gasteiger partial charge in [-0.25, -0.2) is 4.98 Å². The lowest BCUT2D eigenvalue weighted by Gasteiger charge is -2.23. The van der Waals surface area contributed by atoms with Gasteiger partial charge >= 0.3 is 0 Å². The fraction of sp³-hybridized carbons (Fsp3) is 0.500. The minimum atomic E-state index is -0.962. The summed E-state index contributed by atoms with van der Waals surface area (Å²) in [7, 11) is 0. The van der Waals surface area contributed by atoms with Crippen LogP contribution < -0.4 is 20.8 Å². The second-order valence-corrected chi connectivity index (χ2v) is 7.98. The Labute approximate surface area is 179 Å². The maximum atomic E-state index is 9.98. The van der Waals surface area contributed by atoms with Gasteiger partial charge in [-0.3, -0.25) is 5.43 Å². The number of anilines is 3. The van der Waals surface area contributed by atoms with Crippen LogP contribution in [-0.4, -0.2) is 46.6 Å². The maximum absolute atomic E-state index is 9.98. The van der Waals surface area contributed by atoms with Crippen LogP contribution in [0.1, 0.15) is 51.8 Å². The van der Waals surface area contributed by atoms with Gasteiger partial charge in [-0.15, -0.1) is 0 Å². The van der Waals surface area contributed by atoms with Gasteiger partial charge in [-0.2, -0.15) is 10.1 Å². The lowest BCUT2D eigenvalue weighted by molar-refractivity contribution is 0.0268. The van der Waals surface area contributed by atoms with E-state index < -0.39 is 5.60 Å². The van der Waals surface area contributed by atoms with Crippen LogP contribution in [0.4, 0.5) is 17.3 Å². The Bertz CT molecular complexity index is 842. The molecule has 4 N–H and O–H groups in total. The predicted octanol–water partition coefficient (Wildman–Crippen LogP) is 3.59. The van der Waals surface area contributed by atoms with Crippen LogP contribution in [0.15, 0.2) is 29.4 Å². The van der Waals surface area contributed by atoms with Crippen LogP contribution in [0.3, 0.4) is 0 Å². The molecule has 0 atom stereocenters. The smallest absolute Gasteiger partial charge is 0.229 e. The molecular formula is C22H34N6O2. The van der Waals surface area contributed by atoms with Gasteiger partial charge in [0.2, 0.25) is 11.8 Å². The molecule has 0 aliphatic carbocycles. The first kappa shape index (κ1) is 23.4. The quantitative estimate of drug-likeness (QED) is 0.293. The molecule has 0 aliphatic heterocycles. The monoisotopic (exact) mass is 414 g/mol. The van der Waals surface area contributed by atoms with Crippen LogP contribution in [0.2, 0.25) is 0 Å². The standard InChI is InChI=1S/C22H34N6O2/c1-6-10-28(11-7-2)21-25-17(13-20(26-21)30-15-22(4,5)29)14-24-27-19-12-16(3)8-9-18(19)23/h8-9,12-14,27,29H,6-7,10-11,15,23H2,1-5H3/b24-14+. The van der Waals surface area contributed by atoms with Crippen molar-refractivity contribution in [2.75, 3.05) is 35.8 Å². The molecular weight excluding hydrogens is 380 g/mol. The van der Waals surface area contributed by atoms with Gasteiger partial charge in [0.1, 0.15) is 6.61 Å². The highest BCUT2D eigenvalue weighted by Gasteiger charge is 2.16. The number of rotatable bonds is 11. The van der Waals surface area contributed by atoms with Gasteiger partial charge in [-0.05, 0) is 51.3 Å². The van der Waals surface area contributed by atoms with Crippen LogP contribution in [0.25, 0.3) is 0 Å². The molecule has 0 bridgehead atoms. The summed E-state index contributed by atoms with van der Waals surface area (Å²) in [5, 5.41) is 14.3. The maximum Gasteiger partial charge on any atom is 0.229 e. The Hall–Kier alpha value is -2.87. The van der Waals surface area contributed by atoms with Crippen LogP contribution in [-0.2, 0) is 0 Å². The van der Waals surface area contributed by atoms with E-state index in [0.717, 1.165) is 37.2 Å². The second kappa shape index (κ2) is 10.8. The van der Waals surface area contributed by atoms with Crippen molar-refractivity contribution in [2.24, 2.45) is 5.10 Å². The van der Waals surface area contributed by atoms with Crippen LogP contribution in [0.5, 0.6) is 5.88 Å². The van der Waals surface area contributed by atoms with Gasteiger partial charge in [0.15, 0.2) is 0 Å². The third-order valence-electron chi connectivity index (χ3n) is 4.14. The number of nitrogen functional groups attached to an aromatic ring is 1. The molecule has 0 amide bonds. The molecule has 164 valence electrons. The zero-order valence-corrected chi connectivity index (χ0v) is 18.6. The molecule has 0 fully saturated rings. The number of nitrogens with zero attached hydrogens (tertiary/aromatic N) is 4. The zero-order chi connectivity index (χ0) is 22.1. The van der Waals surface area contributed by atoms with E-state index in [1.807, 2.05) is 25.1 Å². The lowest BCUT2D eigenvalue weighted by Crippen LogP contribution is -2.29. The normalized spacial score (nSPS) is 11.7. The first-order valence-electron chi connectivity index (χ1n) is 10.4. The Morgan fingerprint density at radius 2 is 1.90 bits per heavy atom. The minimum Gasteiger partial charge on any atom is -0.474 e. The van der Waals surface area contributed by atoms with Gasteiger partial charge in [-0.1, -0.05) is 19.9 Å². The minimum absolute atomic E-state index is 0.125. The number of hydrogen-bond acceptors (Lipinski definition) is 8. The summed E-state index contributed by atoms with van der Waals surface area (Å²) in [6.07, 6.45) is 3.57. The summed E-state index contributed by atoms with van der Waals surface area (Å²) in [5.74, 6) is 0.985. The summed E-state index contributed by atoms with van der Waals surface area (Å²) in [6, 6.07) is 7.42. The van der Waals surface area contributed by atoms with Crippen molar-refractivity contribution < 1.29 is 9.84 Å². The SMILES string of the molecule is CCCN(CCC)c1nc(/C=N/Nc2cc(C)ccc2N)cc(OCC(C)(C)O)n1. The van der Waals surface area contributed by atoms with Crippen molar-refractivity contribution in [1.29, 1.82) is 0 Å². The summed E-state index contributed by atoms with van der Waals surface area (Å²) >= 11 is 0. The number of aryl methyl sites for hydroxylation is 1. The van der Waals surface area contributed by atoms with E-state index in [1.165, 1.54) is 0 Å². The lowest BCUT2D eigenvalue weighted by atomic mass is 10.2. The highest BCUT2D eigenvalue weighted by Crippen LogP contribution is 2.20. The van der Waals surface area contributed by atoms with Gasteiger partial charge in [0.05, 0.1) is 28.9 Å². The highest BCUT2D eigenvalue weighted by atomic mass is 16.5. The number of nitrogens with one attached hydrogen (secondary N) is 1. The predicted molar refractivity (Wildman–Crippen MR) is 123 cm³/mol. The average molecular weight is 415 g/mol. The van der Waals surface area contributed by atoms with Crippen molar-refractivity contribution in [1.82, 2.24) is 9.97 Å². The van der Waals surface area contributed by atoms with E-state index in [4.69, 9.17) is 10.5 Å². The highest BCUT2D eigenvalue weighted by molar-refractivity contribution is 5.79. The summed E-state index contributed by atoms with van der Waals surface area (Å²) < 4.78 is 5.73. The topological polar surface area (TPSA) is 109 Å². The molecule has 1 aromatic carbocycles. The first-order chi connectivity index (χ1) is 14.2. The van der Waals surface area contributed by atoms with E-state index in [9.17, 15) is 5.11 Å². The van der Waals surface area contributed by atoms with Crippen molar-refractivity contribution in [3.8, 4) is 5.88 Å². The average Bonchev–Trinajstić information content (AvgIpc) is 2.68. The Balaban J connectivity index is 2.28. The Kier molecular flexibility index (Phi) is 8.41. The van der Waals surface area contributed by atoms with E-state index >= 15 is 0 Å². The van der Waals surface area contributed by atoms with Gasteiger partial charge in [0, 0.05) is 19.2 Å². The van der Waals surface area contributed by atoms with Gasteiger partial charge < -0.3 is 20.5 Å². The van der Waals surface area contributed by atoms with Gasteiger partial charge in [0.25, 0.3) is 0 Å². The molecule has 0 radical (unpaired) electrons. The first-order valence-corrected chi connectivity index (χ1v) is 10.4. The zero-order valence-electron chi connectivity index (χ0n) is 18.6. The van der Waals surface area contributed by atoms with Crippen molar-refractivity contribution in [2.45, 2.75) is 53.1 Å².